The number of aromatic nitrogens is 1. The Morgan fingerprint density at radius 1 is 1.30 bits per heavy atom. The average molecular weight is 401 g/mol. The van der Waals surface area contributed by atoms with Gasteiger partial charge >= 0.3 is 0 Å². The van der Waals surface area contributed by atoms with Crippen molar-refractivity contribution in [1.29, 1.82) is 0 Å². The van der Waals surface area contributed by atoms with Crippen LogP contribution in [0.1, 0.15) is 19.3 Å². The van der Waals surface area contributed by atoms with Crippen LogP contribution in [0.3, 0.4) is 0 Å². The number of carbonyl (C=O) groups is 1. The summed E-state index contributed by atoms with van der Waals surface area (Å²) in [5.74, 6) is -1.60. The van der Waals surface area contributed by atoms with Crippen LogP contribution in [0.4, 0.5) is 0 Å². The van der Waals surface area contributed by atoms with E-state index in [4.69, 9.17) is 19.9 Å². The van der Waals surface area contributed by atoms with Crippen LogP contribution in [0.15, 0.2) is 24.5 Å². The number of piperidine rings is 1. The summed E-state index contributed by atoms with van der Waals surface area (Å²) in [7, 11) is -3.79. The van der Waals surface area contributed by atoms with E-state index < -0.39 is 32.3 Å². The second-order valence-electron chi connectivity index (χ2n) is 6.59. The van der Waals surface area contributed by atoms with Crippen molar-refractivity contribution in [3.63, 3.8) is 0 Å². The summed E-state index contributed by atoms with van der Waals surface area (Å²) in [6.07, 6.45) is 4.30. The number of hydrogen-bond acceptors (Lipinski definition) is 8. The Balaban J connectivity index is 1.64. The molecule has 0 aliphatic carbocycles. The van der Waals surface area contributed by atoms with E-state index >= 15 is 0 Å². The van der Waals surface area contributed by atoms with Gasteiger partial charge in [0, 0.05) is 25.9 Å². The van der Waals surface area contributed by atoms with Gasteiger partial charge in [0.1, 0.15) is 11.9 Å². The Labute approximate surface area is 157 Å². The number of carbonyl (C=O) groups excluding carboxylic acids is 1. The SMILES string of the molecule is O=C(C1COCCC1S(=O)(=O)N1CCC(Oc2cccnc2)CC1)N(O)O. The first-order chi connectivity index (χ1) is 12.9. The van der Waals surface area contributed by atoms with Crippen molar-refractivity contribution in [2.45, 2.75) is 30.6 Å². The largest absolute Gasteiger partial charge is 0.489 e. The molecule has 2 aliphatic heterocycles. The van der Waals surface area contributed by atoms with Crippen LogP contribution >= 0.6 is 0 Å². The van der Waals surface area contributed by atoms with Gasteiger partial charge in [-0.25, -0.2) is 12.7 Å². The van der Waals surface area contributed by atoms with Gasteiger partial charge in [-0.2, -0.15) is 0 Å². The number of rotatable bonds is 5. The minimum absolute atomic E-state index is 0.113. The number of nitrogens with zero attached hydrogens (tertiary/aromatic N) is 3. The summed E-state index contributed by atoms with van der Waals surface area (Å²) >= 11 is 0. The molecule has 1 aromatic rings. The highest BCUT2D eigenvalue weighted by Crippen LogP contribution is 2.29. The van der Waals surface area contributed by atoms with Crippen LogP contribution in [0, 0.1) is 5.92 Å². The van der Waals surface area contributed by atoms with Crippen molar-refractivity contribution in [2.24, 2.45) is 5.92 Å². The number of sulfonamides is 1. The highest BCUT2D eigenvalue weighted by molar-refractivity contribution is 7.89. The molecule has 1 amide bonds. The monoisotopic (exact) mass is 401 g/mol. The second kappa shape index (κ2) is 8.48. The maximum Gasteiger partial charge on any atom is 0.279 e. The number of ether oxygens (including phenoxy) is 2. The zero-order chi connectivity index (χ0) is 19.4. The third-order valence-electron chi connectivity index (χ3n) is 4.89. The molecule has 2 unspecified atom stereocenters. The fourth-order valence-electron chi connectivity index (χ4n) is 3.46. The molecular formula is C16H23N3O7S. The Morgan fingerprint density at radius 2 is 2.04 bits per heavy atom. The second-order valence-corrected chi connectivity index (χ2v) is 8.74. The van der Waals surface area contributed by atoms with E-state index in [1.54, 1.807) is 24.5 Å². The Morgan fingerprint density at radius 3 is 2.67 bits per heavy atom. The molecule has 0 bridgehead atoms. The van der Waals surface area contributed by atoms with E-state index in [0.29, 0.717) is 18.6 Å². The molecule has 0 saturated carbocycles. The van der Waals surface area contributed by atoms with E-state index in [-0.39, 0.29) is 38.8 Å². The van der Waals surface area contributed by atoms with E-state index in [9.17, 15) is 13.2 Å². The van der Waals surface area contributed by atoms with Gasteiger partial charge in [0.2, 0.25) is 10.0 Å². The minimum Gasteiger partial charge on any atom is -0.489 e. The molecule has 1 aromatic heterocycles. The van der Waals surface area contributed by atoms with Gasteiger partial charge in [-0.05, 0) is 31.4 Å². The maximum atomic E-state index is 13.0. The summed E-state index contributed by atoms with van der Waals surface area (Å²) in [4.78, 5) is 15.9. The van der Waals surface area contributed by atoms with Gasteiger partial charge in [-0.1, -0.05) is 5.23 Å². The number of hydrogen-bond donors (Lipinski definition) is 2. The Kier molecular flexibility index (Phi) is 6.27. The fourth-order valence-corrected chi connectivity index (χ4v) is 5.57. The quantitative estimate of drug-likeness (QED) is 0.531. The van der Waals surface area contributed by atoms with Crippen LogP contribution < -0.4 is 4.74 Å². The molecule has 2 aliphatic rings. The van der Waals surface area contributed by atoms with Crippen molar-refractivity contribution >= 4 is 15.9 Å². The maximum absolute atomic E-state index is 13.0. The molecule has 27 heavy (non-hydrogen) atoms. The van der Waals surface area contributed by atoms with Gasteiger partial charge in [-0.3, -0.25) is 20.2 Å². The van der Waals surface area contributed by atoms with Crippen LogP contribution in [0.5, 0.6) is 5.75 Å². The van der Waals surface area contributed by atoms with Crippen molar-refractivity contribution < 1.29 is 33.1 Å². The van der Waals surface area contributed by atoms with Gasteiger partial charge in [0.25, 0.3) is 5.91 Å². The molecule has 3 rings (SSSR count). The first-order valence-corrected chi connectivity index (χ1v) is 10.2. The highest BCUT2D eigenvalue weighted by Gasteiger charge is 2.45. The number of hydroxylamine groups is 2. The van der Waals surface area contributed by atoms with E-state index in [1.807, 2.05) is 0 Å². The molecule has 2 saturated heterocycles. The van der Waals surface area contributed by atoms with Gasteiger partial charge < -0.3 is 9.47 Å². The number of pyridine rings is 1. The van der Waals surface area contributed by atoms with Crippen LogP contribution in [0.25, 0.3) is 0 Å². The predicted molar refractivity (Wildman–Crippen MR) is 91.5 cm³/mol. The predicted octanol–water partition coefficient (Wildman–Crippen LogP) is 0.267. The van der Waals surface area contributed by atoms with Crippen molar-refractivity contribution in [1.82, 2.24) is 14.5 Å². The molecule has 10 nitrogen and oxygen atoms in total. The zero-order valence-corrected chi connectivity index (χ0v) is 15.5. The Hall–Kier alpha value is -1.79. The third kappa shape index (κ3) is 4.55. The molecule has 0 aromatic carbocycles. The average Bonchev–Trinajstić information content (AvgIpc) is 2.68. The lowest BCUT2D eigenvalue weighted by Crippen LogP contribution is -2.53. The molecule has 0 radical (unpaired) electrons. The third-order valence-corrected chi connectivity index (χ3v) is 7.30. The van der Waals surface area contributed by atoms with Crippen molar-refractivity contribution in [3.8, 4) is 5.75 Å². The van der Waals surface area contributed by atoms with E-state index in [0.717, 1.165) is 0 Å². The highest BCUT2D eigenvalue weighted by atomic mass is 32.2. The molecule has 2 atom stereocenters. The van der Waals surface area contributed by atoms with Crippen molar-refractivity contribution in [2.75, 3.05) is 26.3 Å². The lowest BCUT2D eigenvalue weighted by atomic mass is 10.0. The summed E-state index contributed by atoms with van der Waals surface area (Å²) in [5.41, 5.74) is 0. The summed E-state index contributed by atoms with van der Waals surface area (Å²) in [5, 5.41) is 16.4. The molecule has 3 heterocycles. The molecule has 2 fully saturated rings. The molecule has 150 valence electrons. The molecular weight excluding hydrogens is 378 g/mol. The smallest absolute Gasteiger partial charge is 0.279 e. The lowest BCUT2D eigenvalue weighted by molar-refractivity contribution is -0.289. The standard InChI is InChI=1S/C16H23N3O7S/c20-16(19(21)22)14-11-25-9-5-15(14)27(23,24)18-7-3-12(4-8-18)26-13-2-1-6-17-10-13/h1-2,6,10,12,14-15,21-22H,3-5,7-9,11H2. The summed E-state index contributed by atoms with van der Waals surface area (Å²) in [6.45, 7) is 0.576. The first-order valence-electron chi connectivity index (χ1n) is 8.74. The number of amides is 1. The fraction of sp³-hybridized carbons (Fsp3) is 0.625. The zero-order valence-electron chi connectivity index (χ0n) is 14.7. The normalized spacial score (nSPS) is 25.1. The topological polar surface area (TPSA) is 130 Å². The van der Waals surface area contributed by atoms with Crippen LogP contribution in [0.2, 0.25) is 0 Å². The summed E-state index contributed by atoms with van der Waals surface area (Å²) in [6, 6.07) is 3.56. The minimum atomic E-state index is -3.79. The summed E-state index contributed by atoms with van der Waals surface area (Å²) < 4.78 is 38.4. The van der Waals surface area contributed by atoms with E-state index in [2.05, 4.69) is 4.98 Å². The van der Waals surface area contributed by atoms with Crippen LogP contribution in [-0.4, -0.2) is 76.9 Å². The molecule has 0 spiro atoms. The van der Waals surface area contributed by atoms with Crippen molar-refractivity contribution in [3.05, 3.63) is 24.5 Å². The Bertz CT molecular complexity index is 736. The lowest BCUT2D eigenvalue weighted by Gasteiger charge is -2.37. The van der Waals surface area contributed by atoms with Gasteiger partial charge in [-0.15, -0.1) is 0 Å². The van der Waals surface area contributed by atoms with E-state index in [1.165, 1.54) is 4.31 Å². The van der Waals surface area contributed by atoms with Gasteiger partial charge in [0.05, 0.1) is 24.0 Å². The van der Waals surface area contributed by atoms with Crippen LogP contribution in [-0.2, 0) is 19.6 Å². The molecule has 11 heteroatoms. The van der Waals surface area contributed by atoms with Gasteiger partial charge in [0.15, 0.2) is 0 Å². The molecule has 2 N–H and O–H groups in total. The first kappa shape index (κ1) is 20.0.